The first-order valence-corrected chi connectivity index (χ1v) is 8.93. The van der Waals surface area contributed by atoms with Gasteiger partial charge in [-0.1, -0.05) is 12.1 Å². The van der Waals surface area contributed by atoms with E-state index in [0.29, 0.717) is 19.4 Å². The van der Waals surface area contributed by atoms with Gasteiger partial charge >= 0.3 is 6.18 Å². The predicted molar refractivity (Wildman–Crippen MR) is 98.3 cm³/mol. The zero-order chi connectivity index (χ0) is 20.1. The summed E-state index contributed by atoms with van der Waals surface area (Å²) in [4.78, 5) is 30.6. The number of hydrogen-bond acceptors (Lipinski definition) is 3. The van der Waals surface area contributed by atoms with Crippen LogP contribution in [0.15, 0.2) is 54.9 Å². The van der Waals surface area contributed by atoms with Crippen LogP contribution in [0.4, 0.5) is 13.2 Å². The molecular weight excluding hydrogens is 369 g/mol. The highest BCUT2D eigenvalue weighted by Gasteiger charge is 2.33. The van der Waals surface area contributed by atoms with E-state index in [2.05, 4.69) is 4.98 Å². The first-order chi connectivity index (χ1) is 13.3. The fraction of sp³-hybridized carbons (Fsp3) is 0.286. The van der Waals surface area contributed by atoms with E-state index >= 15 is 0 Å². The van der Waals surface area contributed by atoms with Gasteiger partial charge in [0.15, 0.2) is 5.78 Å². The van der Waals surface area contributed by atoms with E-state index in [4.69, 9.17) is 0 Å². The number of likely N-dealkylation sites (tertiary alicyclic amines) is 1. The summed E-state index contributed by atoms with van der Waals surface area (Å²) in [5, 5.41) is 0. The summed E-state index contributed by atoms with van der Waals surface area (Å²) in [5.41, 5.74) is 0.0146. The van der Waals surface area contributed by atoms with Crippen molar-refractivity contribution in [1.82, 2.24) is 9.88 Å². The van der Waals surface area contributed by atoms with Crippen molar-refractivity contribution in [2.24, 2.45) is 5.92 Å². The van der Waals surface area contributed by atoms with Crippen molar-refractivity contribution in [3.63, 3.8) is 0 Å². The number of amides is 1. The molecule has 0 bridgehead atoms. The van der Waals surface area contributed by atoms with Crippen molar-refractivity contribution in [2.45, 2.75) is 19.0 Å². The monoisotopic (exact) mass is 388 g/mol. The Hall–Kier alpha value is -2.96. The van der Waals surface area contributed by atoms with Gasteiger partial charge in [-0.2, -0.15) is 13.2 Å². The number of carbonyl (C=O) groups is 2. The van der Waals surface area contributed by atoms with E-state index in [0.717, 1.165) is 17.7 Å². The standard InChI is InChI=1S/C21H19F3N2O2/c22-21(23,24)18-5-1-3-16(13-18)20(28)17-4-2-12-26(14-17)19(27)7-6-15-8-10-25-11-9-15/h1,3,5-11,13,17H,2,4,12,14H2/b7-6+/t17-/m0/s1. The number of halogens is 3. The van der Waals surface area contributed by atoms with Crippen LogP contribution in [0.5, 0.6) is 0 Å². The van der Waals surface area contributed by atoms with Gasteiger partial charge in [-0.25, -0.2) is 0 Å². The van der Waals surface area contributed by atoms with Gasteiger partial charge in [-0.3, -0.25) is 14.6 Å². The summed E-state index contributed by atoms with van der Waals surface area (Å²) < 4.78 is 38.7. The Labute approximate surface area is 160 Å². The van der Waals surface area contributed by atoms with Gasteiger partial charge in [0.05, 0.1) is 5.56 Å². The third-order valence-electron chi connectivity index (χ3n) is 4.70. The van der Waals surface area contributed by atoms with E-state index in [1.165, 1.54) is 18.2 Å². The van der Waals surface area contributed by atoms with Crippen molar-refractivity contribution in [2.75, 3.05) is 13.1 Å². The van der Waals surface area contributed by atoms with Crippen LogP contribution in [-0.2, 0) is 11.0 Å². The Kier molecular flexibility index (Phi) is 5.92. The molecule has 0 aliphatic carbocycles. The van der Waals surface area contributed by atoms with Crippen LogP contribution >= 0.6 is 0 Å². The molecule has 1 saturated heterocycles. The molecule has 2 heterocycles. The molecule has 0 unspecified atom stereocenters. The maximum absolute atomic E-state index is 12.9. The topological polar surface area (TPSA) is 50.3 Å². The molecule has 1 fully saturated rings. The summed E-state index contributed by atoms with van der Waals surface area (Å²) >= 11 is 0. The molecule has 1 aromatic heterocycles. The molecule has 1 aliphatic heterocycles. The predicted octanol–water partition coefficient (Wildman–Crippen LogP) is 4.24. The number of nitrogens with zero attached hydrogens (tertiary/aromatic N) is 2. The lowest BCUT2D eigenvalue weighted by atomic mass is 9.89. The van der Waals surface area contributed by atoms with E-state index in [1.807, 2.05) is 0 Å². The summed E-state index contributed by atoms with van der Waals surface area (Å²) in [6.07, 6.45) is 3.03. The smallest absolute Gasteiger partial charge is 0.338 e. The Morgan fingerprint density at radius 3 is 2.61 bits per heavy atom. The second-order valence-electron chi connectivity index (χ2n) is 6.68. The summed E-state index contributed by atoms with van der Waals surface area (Å²) in [5.74, 6) is -1.09. The van der Waals surface area contributed by atoms with Crippen LogP contribution in [0.25, 0.3) is 6.08 Å². The van der Waals surface area contributed by atoms with Gasteiger partial charge in [-0.15, -0.1) is 0 Å². The second kappa shape index (κ2) is 8.37. The normalized spacial score (nSPS) is 17.7. The quantitative estimate of drug-likeness (QED) is 0.582. The average Bonchev–Trinajstić information content (AvgIpc) is 2.72. The minimum Gasteiger partial charge on any atom is -0.338 e. The minimum absolute atomic E-state index is 0.0291. The number of ketones is 1. The van der Waals surface area contributed by atoms with Crippen molar-refractivity contribution >= 4 is 17.8 Å². The largest absolute Gasteiger partial charge is 0.416 e. The molecule has 1 aromatic carbocycles. The van der Waals surface area contributed by atoms with Gasteiger partial charge in [0, 0.05) is 43.0 Å². The number of aromatic nitrogens is 1. The molecule has 1 atom stereocenters. The highest BCUT2D eigenvalue weighted by atomic mass is 19.4. The van der Waals surface area contributed by atoms with Gasteiger partial charge in [-0.05, 0) is 48.7 Å². The number of rotatable bonds is 4. The van der Waals surface area contributed by atoms with E-state index in [1.54, 1.807) is 35.5 Å². The lowest BCUT2D eigenvalue weighted by molar-refractivity contribution is -0.137. The maximum Gasteiger partial charge on any atom is 0.416 e. The maximum atomic E-state index is 12.9. The van der Waals surface area contributed by atoms with Crippen molar-refractivity contribution < 1.29 is 22.8 Å². The Balaban J connectivity index is 1.68. The second-order valence-corrected chi connectivity index (χ2v) is 6.68. The molecule has 1 aliphatic rings. The first-order valence-electron chi connectivity index (χ1n) is 8.93. The van der Waals surface area contributed by atoms with Crippen molar-refractivity contribution in [1.29, 1.82) is 0 Å². The van der Waals surface area contributed by atoms with Crippen LogP contribution in [0.2, 0.25) is 0 Å². The zero-order valence-corrected chi connectivity index (χ0v) is 15.0. The average molecular weight is 388 g/mol. The van der Waals surface area contributed by atoms with Crippen LogP contribution in [-0.4, -0.2) is 34.7 Å². The fourth-order valence-electron chi connectivity index (χ4n) is 3.22. The lowest BCUT2D eigenvalue weighted by Crippen LogP contribution is -2.41. The molecule has 2 aromatic rings. The van der Waals surface area contributed by atoms with Crippen LogP contribution in [0, 0.1) is 5.92 Å². The van der Waals surface area contributed by atoms with Gasteiger partial charge in [0.2, 0.25) is 5.91 Å². The number of hydrogen-bond donors (Lipinski definition) is 0. The lowest BCUT2D eigenvalue weighted by Gasteiger charge is -2.31. The highest BCUT2D eigenvalue weighted by molar-refractivity contribution is 5.99. The van der Waals surface area contributed by atoms with E-state index in [-0.39, 0.29) is 23.8 Å². The summed E-state index contributed by atoms with van der Waals surface area (Å²) in [6, 6.07) is 7.98. The molecule has 3 rings (SSSR count). The third-order valence-corrected chi connectivity index (χ3v) is 4.70. The number of pyridine rings is 1. The number of piperidine rings is 1. The number of carbonyl (C=O) groups excluding carboxylic acids is 2. The first kappa shape index (κ1) is 19.8. The Morgan fingerprint density at radius 1 is 1.14 bits per heavy atom. The summed E-state index contributed by atoms with van der Waals surface area (Å²) in [7, 11) is 0. The molecular formula is C21H19F3N2O2. The van der Waals surface area contributed by atoms with Crippen LogP contribution in [0.3, 0.4) is 0 Å². The van der Waals surface area contributed by atoms with Crippen LogP contribution < -0.4 is 0 Å². The number of alkyl halides is 3. The third kappa shape index (κ3) is 4.85. The molecule has 0 spiro atoms. The van der Waals surface area contributed by atoms with Gasteiger partial charge in [0.25, 0.3) is 0 Å². The molecule has 28 heavy (non-hydrogen) atoms. The molecule has 0 saturated carbocycles. The molecule has 0 N–H and O–H groups in total. The van der Waals surface area contributed by atoms with Crippen molar-refractivity contribution in [3.05, 3.63) is 71.6 Å². The minimum atomic E-state index is -4.50. The molecule has 7 heteroatoms. The molecule has 1 amide bonds. The highest BCUT2D eigenvalue weighted by Crippen LogP contribution is 2.30. The SMILES string of the molecule is O=C(c1cccc(C(F)(F)F)c1)[C@H]1CCCN(C(=O)/C=C/c2ccncc2)C1. The van der Waals surface area contributed by atoms with Crippen LogP contribution in [0.1, 0.15) is 34.3 Å². The fourth-order valence-corrected chi connectivity index (χ4v) is 3.22. The van der Waals surface area contributed by atoms with Gasteiger partial charge < -0.3 is 4.90 Å². The van der Waals surface area contributed by atoms with Crippen molar-refractivity contribution in [3.8, 4) is 0 Å². The Bertz CT molecular complexity index is 879. The summed E-state index contributed by atoms with van der Waals surface area (Å²) in [6.45, 7) is 0.723. The Morgan fingerprint density at radius 2 is 1.89 bits per heavy atom. The molecule has 146 valence electrons. The van der Waals surface area contributed by atoms with E-state index < -0.39 is 17.7 Å². The number of benzene rings is 1. The van der Waals surface area contributed by atoms with Gasteiger partial charge in [0.1, 0.15) is 0 Å². The molecule has 0 radical (unpaired) electrons. The van der Waals surface area contributed by atoms with E-state index in [9.17, 15) is 22.8 Å². The number of Topliss-reactive ketones (excluding diaryl/α,β-unsaturated/α-hetero) is 1. The molecule has 4 nitrogen and oxygen atoms in total. The zero-order valence-electron chi connectivity index (χ0n) is 15.0.